The van der Waals surface area contributed by atoms with Crippen LogP contribution < -0.4 is 0 Å². The maximum Gasteiger partial charge on any atom is 0.335 e. The molecular weight excluding hydrogens is 308 g/mol. The summed E-state index contributed by atoms with van der Waals surface area (Å²) in [6.07, 6.45) is 3.59. The Morgan fingerprint density at radius 1 is 1.00 bits per heavy atom. The molecule has 0 atom stereocenters. The average molecular weight is 330 g/mol. The molecule has 1 aliphatic carbocycles. The normalized spacial score (nSPS) is 15.8. The number of hydrogen-bond donors (Lipinski definition) is 1. The fourth-order valence-corrected chi connectivity index (χ4v) is 4.15. The lowest BCUT2D eigenvalue weighted by atomic mass is 9.71. The predicted octanol–water partition coefficient (Wildman–Crippen LogP) is 5.82. The summed E-state index contributed by atoms with van der Waals surface area (Å²) < 4.78 is 0. The molecule has 3 aromatic rings. The molecule has 25 heavy (non-hydrogen) atoms. The van der Waals surface area contributed by atoms with Crippen LogP contribution in [0.1, 0.15) is 48.2 Å². The number of carbonyl (C=O) groups is 1. The highest BCUT2D eigenvalue weighted by Gasteiger charge is 2.28. The third kappa shape index (κ3) is 2.72. The van der Waals surface area contributed by atoms with E-state index in [-0.39, 0.29) is 5.41 Å². The van der Waals surface area contributed by atoms with Gasteiger partial charge in [-0.3, -0.25) is 0 Å². The minimum absolute atomic E-state index is 0.233. The Kier molecular flexibility index (Phi) is 3.64. The Balaban J connectivity index is 1.86. The van der Waals surface area contributed by atoms with E-state index in [0.717, 1.165) is 17.2 Å². The molecule has 0 spiro atoms. The van der Waals surface area contributed by atoms with Crippen LogP contribution >= 0.6 is 0 Å². The van der Waals surface area contributed by atoms with Gasteiger partial charge in [0.1, 0.15) is 0 Å². The molecule has 0 aromatic heterocycles. The molecule has 126 valence electrons. The van der Waals surface area contributed by atoms with E-state index in [4.69, 9.17) is 5.11 Å². The largest absolute Gasteiger partial charge is 0.478 e. The van der Waals surface area contributed by atoms with E-state index in [2.05, 4.69) is 44.2 Å². The summed E-state index contributed by atoms with van der Waals surface area (Å²) >= 11 is 0. The van der Waals surface area contributed by atoms with Crippen molar-refractivity contribution >= 4 is 16.7 Å². The highest BCUT2D eigenvalue weighted by Crippen LogP contribution is 2.41. The van der Waals surface area contributed by atoms with Gasteiger partial charge in [-0.05, 0) is 75.9 Å². The third-order valence-electron chi connectivity index (χ3n) is 5.53. The van der Waals surface area contributed by atoms with E-state index >= 15 is 0 Å². The van der Waals surface area contributed by atoms with Crippen LogP contribution in [-0.4, -0.2) is 11.1 Å². The van der Waals surface area contributed by atoms with Gasteiger partial charge in [0.25, 0.3) is 0 Å². The van der Waals surface area contributed by atoms with Crippen LogP contribution in [-0.2, 0) is 11.8 Å². The number of fused-ring (bicyclic) bond motifs is 2. The molecule has 0 aliphatic heterocycles. The van der Waals surface area contributed by atoms with E-state index in [1.54, 1.807) is 12.1 Å². The monoisotopic (exact) mass is 330 g/mol. The second kappa shape index (κ2) is 5.73. The fraction of sp³-hybridized carbons (Fsp3) is 0.261. The van der Waals surface area contributed by atoms with Crippen LogP contribution in [0.15, 0.2) is 54.6 Å². The molecule has 0 radical (unpaired) electrons. The standard InChI is InChI=1S/C23H22O2/c1-23(2)12-4-6-20-19(5-3-7-21(20)23)17-10-8-16-14-18(22(24)25)11-9-15(16)13-17/h3,5,7-11,13-14H,4,6,12H2,1-2H3,(H,24,25). The third-order valence-corrected chi connectivity index (χ3v) is 5.53. The van der Waals surface area contributed by atoms with Gasteiger partial charge in [-0.25, -0.2) is 4.79 Å². The van der Waals surface area contributed by atoms with Crippen LogP contribution in [0.2, 0.25) is 0 Å². The van der Waals surface area contributed by atoms with Crippen molar-refractivity contribution in [3.63, 3.8) is 0 Å². The molecule has 2 heteroatoms. The van der Waals surface area contributed by atoms with E-state index < -0.39 is 5.97 Å². The van der Waals surface area contributed by atoms with Gasteiger partial charge in [0.2, 0.25) is 0 Å². The lowest BCUT2D eigenvalue weighted by Crippen LogP contribution is -2.24. The Morgan fingerprint density at radius 2 is 1.76 bits per heavy atom. The van der Waals surface area contributed by atoms with Gasteiger partial charge in [-0.1, -0.05) is 50.2 Å². The Labute approximate surface area is 148 Å². The second-order valence-corrected chi connectivity index (χ2v) is 7.65. The Morgan fingerprint density at radius 3 is 2.56 bits per heavy atom. The molecule has 3 aromatic carbocycles. The summed E-state index contributed by atoms with van der Waals surface area (Å²) in [7, 11) is 0. The number of rotatable bonds is 2. The molecule has 1 N–H and O–H groups in total. The Bertz CT molecular complexity index is 983. The van der Waals surface area contributed by atoms with E-state index in [9.17, 15) is 4.79 Å². The van der Waals surface area contributed by atoms with Crippen LogP contribution in [0.3, 0.4) is 0 Å². The number of benzene rings is 3. The van der Waals surface area contributed by atoms with Crippen LogP contribution in [0.25, 0.3) is 21.9 Å². The molecule has 0 unspecified atom stereocenters. The molecule has 0 amide bonds. The number of carboxylic acids is 1. The van der Waals surface area contributed by atoms with Crippen molar-refractivity contribution < 1.29 is 9.90 Å². The first-order valence-corrected chi connectivity index (χ1v) is 8.85. The predicted molar refractivity (Wildman–Crippen MR) is 102 cm³/mol. The lowest BCUT2D eigenvalue weighted by Gasteiger charge is -2.34. The van der Waals surface area contributed by atoms with Gasteiger partial charge >= 0.3 is 5.97 Å². The lowest BCUT2D eigenvalue weighted by molar-refractivity contribution is 0.0697. The maximum atomic E-state index is 11.2. The molecule has 0 saturated heterocycles. The van der Waals surface area contributed by atoms with Gasteiger partial charge in [0, 0.05) is 0 Å². The van der Waals surface area contributed by atoms with Gasteiger partial charge < -0.3 is 5.11 Å². The highest BCUT2D eigenvalue weighted by molar-refractivity contribution is 5.95. The van der Waals surface area contributed by atoms with E-state index in [1.165, 1.54) is 35.1 Å². The number of aromatic carboxylic acids is 1. The average Bonchev–Trinajstić information content (AvgIpc) is 2.60. The summed E-state index contributed by atoms with van der Waals surface area (Å²) in [5.74, 6) is -0.884. The van der Waals surface area contributed by atoms with Crippen molar-refractivity contribution in [3.05, 3.63) is 71.3 Å². The van der Waals surface area contributed by atoms with Crippen molar-refractivity contribution in [2.45, 2.75) is 38.5 Å². The minimum Gasteiger partial charge on any atom is -0.478 e. The summed E-state index contributed by atoms with van der Waals surface area (Å²) in [5.41, 5.74) is 6.04. The summed E-state index contributed by atoms with van der Waals surface area (Å²) in [6, 6.07) is 18.3. The molecule has 2 nitrogen and oxygen atoms in total. The molecular formula is C23H22O2. The smallest absolute Gasteiger partial charge is 0.335 e. The first-order valence-electron chi connectivity index (χ1n) is 8.85. The van der Waals surface area contributed by atoms with Gasteiger partial charge in [0.15, 0.2) is 0 Å². The van der Waals surface area contributed by atoms with Crippen molar-refractivity contribution in [2.24, 2.45) is 0 Å². The number of carboxylic acid groups (broad SMARTS) is 1. The number of hydrogen-bond acceptors (Lipinski definition) is 1. The van der Waals surface area contributed by atoms with E-state index in [0.29, 0.717) is 5.56 Å². The van der Waals surface area contributed by atoms with Crippen LogP contribution in [0.5, 0.6) is 0 Å². The summed E-state index contributed by atoms with van der Waals surface area (Å²) in [4.78, 5) is 11.2. The summed E-state index contributed by atoms with van der Waals surface area (Å²) in [6.45, 7) is 4.67. The zero-order valence-electron chi connectivity index (χ0n) is 14.7. The molecule has 0 saturated carbocycles. The molecule has 0 heterocycles. The van der Waals surface area contributed by atoms with Gasteiger partial charge in [-0.2, -0.15) is 0 Å². The van der Waals surface area contributed by atoms with Crippen LogP contribution in [0, 0.1) is 0 Å². The maximum absolute atomic E-state index is 11.2. The zero-order valence-corrected chi connectivity index (χ0v) is 14.7. The van der Waals surface area contributed by atoms with Crippen LogP contribution in [0.4, 0.5) is 0 Å². The van der Waals surface area contributed by atoms with Crippen molar-refractivity contribution in [3.8, 4) is 11.1 Å². The molecule has 0 bridgehead atoms. The minimum atomic E-state index is -0.884. The zero-order chi connectivity index (χ0) is 17.6. The molecule has 0 fully saturated rings. The van der Waals surface area contributed by atoms with Gasteiger partial charge in [0.05, 0.1) is 5.56 Å². The van der Waals surface area contributed by atoms with Crippen molar-refractivity contribution in [1.29, 1.82) is 0 Å². The Hall–Kier alpha value is -2.61. The quantitative estimate of drug-likeness (QED) is 0.643. The summed E-state index contributed by atoms with van der Waals surface area (Å²) in [5, 5.41) is 11.2. The topological polar surface area (TPSA) is 37.3 Å². The fourth-order valence-electron chi connectivity index (χ4n) is 4.15. The van der Waals surface area contributed by atoms with Crippen molar-refractivity contribution in [1.82, 2.24) is 0 Å². The second-order valence-electron chi connectivity index (χ2n) is 7.65. The van der Waals surface area contributed by atoms with Crippen molar-refractivity contribution in [2.75, 3.05) is 0 Å². The first-order chi connectivity index (χ1) is 12.0. The molecule has 1 aliphatic rings. The highest BCUT2D eigenvalue weighted by atomic mass is 16.4. The SMILES string of the molecule is CC1(C)CCCc2c(-c3ccc4cc(C(=O)O)ccc4c3)cccc21. The first kappa shape index (κ1) is 15.9. The molecule has 4 rings (SSSR count). The van der Waals surface area contributed by atoms with E-state index in [1.807, 2.05) is 12.1 Å². The van der Waals surface area contributed by atoms with Gasteiger partial charge in [-0.15, -0.1) is 0 Å².